The number of rotatable bonds is 10. The summed E-state index contributed by atoms with van der Waals surface area (Å²) in [5, 5.41) is 0.956. The summed E-state index contributed by atoms with van der Waals surface area (Å²) in [6.07, 6.45) is 1.01. The fourth-order valence-corrected chi connectivity index (χ4v) is 4.73. The van der Waals surface area contributed by atoms with Gasteiger partial charge in [-0.2, -0.15) is 13.4 Å². The Balaban J connectivity index is 1.60. The third-order valence-electron chi connectivity index (χ3n) is 6.00. The molecule has 0 amide bonds. The first-order valence-electron chi connectivity index (χ1n) is 11.9. The van der Waals surface area contributed by atoms with E-state index in [-0.39, 0.29) is 13.2 Å². The molecule has 0 aliphatic rings. The summed E-state index contributed by atoms with van der Waals surface area (Å²) >= 11 is 0. The topological polar surface area (TPSA) is 86.5 Å². The summed E-state index contributed by atoms with van der Waals surface area (Å²) in [5.41, 5.74) is 4.78. The number of hydrogen-bond donors (Lipinski definition) is 0. The molecule has 0 bridgehead atoms. The van der Waals surface area contributed by atoms with Gasteiger partial charge >= 0.3 is 0 Å². The van der Waals surface area contributed by atoms with Gasteiger partial charge in [-0.1, -0.05) is 78.9 Å². The van der Waals surface area contributed by atoms with Gasteiger partial charge in [-0.3, -0.25) is 8.75 Å². The van der Waals surface area contributed by atoms with Crippen LogP contribution in [0, 0.1) is 0 Å². The Hall–Kier alpha value is -3.95. The van der Waals surface area contributed by atoms with Crippen LogP contribution in [0.4, 0.5) is 5.82 Å². The van der Waals surface area contributed by atoms with Gasteiger partial charge in [-0.05, 0) is 17.2 Å². The van der Waals surface area contributed by atoms with Crippen molar-refractivity contribution in [1.29, 1.82) is 0 Å². The first-order valence-corrected chi connectivity index (χ1v) is 13.8. The van der Waals surface area contributed by atoms with Crippen molar-refractivity contribution in [3.05, 3.63) is 96.1 Å². The van der Waals surface area contributed by atoms with Crippen LogP contribution in [-0.4, -0.2) is 42.4 Å². The predicted octanol–water partition coefficient (Wildman–Crippen LogP) is 4.68. The molecule has 0 atom stereocenters. The average Bonchev–Trinajstić information content (AvgIpc) is 3.23. The zero-order valence-corrected chi connectivity index (χ0v) is 21.6. The van der Waals surface area contributed by atoms with E-state index in [4.69, 9.17) is 18.9 Å². The highest BCUT2D eigenvalue weighted by Crippen LogP contribution is 2.34. The monoisotopic (exact) mass is 516 g/mol. The zero-order valence-electron chi connectivity index (χ0n) is 20.7. The number of imidazole rings is 1. The molecule has 0 N–H and O–H groups in total. The van der Waals surface area contributed by atoms with Crippen LogP contribution in [0.3, 0.4) is 0 Å². The van der Waals surface area contributed by atoms with Crippen molar-refractivity contribution in [2.24, 2.45) is 7.05 Å². The van der Waals surface area contributed by atoms with E-state index in [1.807, 2.05) is 72.3 Å². The molecule has 0 radical (unpaired) electrons. The smallest absolute Gasteiger partial charge is 0.297 e. The number of aryl methyl sites for hydroxylation is 1. The lowest BCUT2D eigenvalue weighted by molar-refractivity contribution is 0.207. The largest absolute Gasteiger partial charge is 0.462 e. The molecular formula is C28H28N4O4S. The molecule has 0 unspecified atom stereocenters. The Kier molecular flexibility index (Phi) is 7.07. The number of para-hydroxylation sites is 1. The number of fused-ring (bicyclic) bond motifs is 3. The van der Waals surface area contributed by atoms with Crippen molar-refractivity contribution in [2.75, 3.05) is 24.4 Å². The zero-order chi connectivity index (χ0) is 25.8. The van der Waals surface area contributed by atoms with E-state index in [0.717, 1.165) is 39.6 Å². The van der Waals surface area contributed by atoms with Gasteiger partial charge in [0, 0.05) is 25.5 Å². The first kappa shape index (κ1) is 24.7. The molecule has 37 heavy (non-hydrogen) atoms. The van der Waals surface area contributed by atoms with Crippen LogP contribution in [0.5, 0.6) is 6.01 Å². The minimum atomic E-state index is -3.54. The van der Waals surface area contributed by atoms with Crippen molar-refractivity contribution in [3.63, 3.8) is 0 Å². The molecule has 8 nitrogen and oxygen atoms in total. The quantitative estimate of drug-likeness (QED) is 0.197. The van der Waals surface area contributed by atoms with E-state index in [0.29, 0.717) is 24.6 Å². The summed E-state index contributed by atoms with van der Waals surface area (Å²) in [6, 6.07) is 28.9. The second-order valence-electron chi connectivity index (χ2n) is 8.80. The molecule has 0 saturated heterocycles. The molecule has 0 fully saturated rings. The van der Waals surface area contributed by atoms with Gasteiger partial charge in [0.05, 0.1) is 17.3 Å². The number of ether oxygens (including phenoxy) is 1. The minimum absolute atomic E-state index is 0.0443. The molecule has 0 spiro atoms. The highest BCUT2D eigenvalue weighted by molar-refractivity contribution is 7.85. The van der Waals surface area contributed by atoms with E-state index in [1.165, 1.54) is 0 Å². The molecule has 0 aliphatic carbocycles. The van der Waals surface area contributed by atoms with E-state index in [2.05, 4.69) is 29.2 Å². The van der Waals surface area contributed by atoms with Crippen LogP contribution in [0.2, 0.25) is 0 Å². The molecule has 190 valence electrons. The lowest BCUT2D eigenvalue weighted by Crippen LogP contribution is -2.23. The van der Waals surface area contributed by atoms with E-state index in [9.17, 15) is 8.42 Å². The van der Waals surface area contributed by atoms with Crippen LogP contribution in [0.25, 0.3) is 21.9 Å². The second-order valence-corrected chi connectivity index (χ2v) is 10.4. The van der Waals surface area contributed by atoms with Gasteiger partial charge in [0.25, 0.3) is 16.1 Å². The molecule has 0 saturated carbocycles. The van der Waals surface area contributed by atoms with Gasteiger partial charge in [-0.15, -0.1) is 0 Å². The normalized spacial score (nSPS) is 11.7. The number of hydrogen-bond acceptors (Lipinski definition) is 7. The van der Waals surface area contributed by atoms with Crippen molar-refractivity contribution in [1.82, 2.24) is 14.5 Å². The Labute approximate surface area is 216 Å². The maximum atomic E-state index is 11.3. The Morgan fingerprint density at radius 1 is 0.811 bits per heavy atom. The highest BCUT2D eigenvalue weighted by atomic mass is 32.2. The van der Waals surface area contributed by atoms with Gasteiger partial charge < -0.3 is 9.64 Å². The Morgan fingerprint density at radius 3 is 2.03 bits per heavy atom. The number of benzene rings is 3. The third-order valence-corrected chi connectivity index (χ3v) is 6.59. The maximum absolute atomic E-state index is 11.3. The molecular weight excluding hydrogens is 488 g/mol. The number of pyridine rings is 1. The highest BCUT2D eigenvalue weighted by Gasteiger charge is 2.22. The van der Waals surface area contributed by atoms with Crippen molar-refractivity contribution in [3.8, 4) is 6.01 Å². The fourth-order valence-electron chi connectivity index (χ4n) is 4.36. The van der Waals surface area contributed by atoms with Crippen LogP contribution in [0.1, 0.15) is 11.1 Å². The van der Waals surface area contributed by atoms with E-state index >= 15 is 0 Å². The first-order chi connectivity index (χ1) is 17.9. The van der Waals surface area contributed by atoms with Crippen molar-refractivity contribution < 1.29 is 17.3 Å². The minimum Gasteiger partial charge on any atom is -0.462 e. The molecule has 2 heterocycles. The molecule has 2 aromatic heterocycles. The Morgan fingerprint density at radius 2 is 1.41 bits per heavy atom. The summed E-state index contributed by atoms with van der Waals surface area (Å²) in [6.45, 7) is 1.24. The average molecular weight is 517 g/mol. The van der Waals surface area contributed by atoms with E-state index < -0.39 is 10.1 Å². The standard InChI is InChI=1S/C28H28N4O4S/c1-31-26-23-15-9-10-16-24(23)29-27(25(26)30-28(31)35-17-18-36-37(2,33)34)32(19-21-11-5-3-6-12-21)20-22-13-7-4-8-14-22/h3-16H,17-20H2,1-2H3. The number of aromatic nitrogens is 3. The van der Waals surface area contributed by atoms with Crippen LogP contribution in [0.15, 0.2) is 84.9 Å². The Bertz CT molecular complexity index is 1580. The fraction of sp³-hybridized carbons (Fsp3) is 0.214. The summed E-state index contributed by atoms with van der Waals surface area (Å²) < 4.78 is 35.2. The maximum Gasteiger partial charge on any atom is 0.297 e. The van der Waals surface area contributed by atoms with Crippen molar-refractivity contribution in [2.45, 2.75) is 13.1 Å². The molecule has 3 aromatic carbocycles. The summed E-state index contributed by atoms with van der Waals surface area (Å²) in [7, 11) is -1.66. The number of nitrogens with zero attached hydrogens (tertiary/aromatic N) is 4. The van der Waals surface area contributed by atoms with Crippen LogP contribution in [-0.2, 0) is 34.4 Å². The second kappa shape index (κ2) is 10.6. The molecule has 0 aliphatic heterocycles. The van der Waals surface area contributed by atoms with Gasteiger partial charge in [0.1, 0.15) is 18.7 Å². The van der Waals surface area contributed by atoms with Crippen molar-refractivity contribution >= 4 is 37.9 Å². The lowest BCUT2D eigenvalue weighted by atomic mass is 10.1. The SMILES string of the molecule is Cn1c(OCCOS(C)(=O)=O)nc2c(N(Cc3ccccc3)Cc3ccccc3)nc3ccccc3c21. The third kappa shape index (κ3) is 5.73. The van der Waals surface area contributed by atoms with Gasteiger partial charge in [-0.25, -0.2) is 4.98 Å². The number of anilines is 1. The summed E-state index contributed by atoms with van der Waals surface area (Å²) in [5.74, 6) is 0.749. The molecule has 5 rings (SSSR count). The van der Waals surface area contributed by atoms with Gasteiger partial charge in [0.15, 0.2) is 5.82 Å². The van der Waals surface area contributed by atoms with Crippen LogP contribution >= 0.6 is 0 Å². The summed E-state index contributed by atoms with van der Waals surface area (Å²) in [4.78, 5) is 12.1. The molecule has 5 aromatic rings. The molecule has 9 heteroatoms. The predicted molar refractivity (Wildman–Crippen MR) is 145 cm³/mol. The lowest BCUT2D eigenvalue weighted by Gasteiger charge is -2.25. The van der Waals surface area contributed by atoms with Gasteiger partial charge in [0.2, 0.25) is 0 Å². The van der Waals surface area contributed by atoms with E-state index in [1.54, 1.807) is 0 Å². The van der Waals surface area contributed by atoms with Crippen LogP contribution < -0.4 is 9.64 Å².